The molecule has 0 spiro atoms. The van der Waals surface area contributed by atoms with Gasteiger partial charge < -0.3 is 4.42 Å². The summed E-state index contributed by atoms with van der Waals surface area (Å²) < 4.78 is 6.15. The van der Waals surface area contributed by atoms with Crippen molar-refractivity contribution in [3.63, 3.8) is 0 Å². The fourth-order valence-electron chi connectivity index (χ4n) is 2.67. The predicted octanol–water partition coefficient (Wildman–Crippen LogP) is 6.39. The second-order valence-electron chi connectivity index (χ2n) is 5.40. The van der Waals surface area contributed by atoms with Gasteiger partial charge in [0.05, 0.1) is 4.90 Å². The highest BCUT2D eigenvalue weighted by molar-refractivity contribution is 7.98. The van der Waals surface area contributed by atoms with Crippen LogP contribution >= 0.6 is 11.8 Å². The average Bonchev–Trinajstić information content (AvgIpc) is 3.00. The maximum absolute atomic E-state index is 6.15. The minimum Gasteiger partial charge on any atom is -0.455 e. The molecule has 1 heterocycles. The minimum atomic E-state index is 0.935. The number of para-hydroxylation sites is 1. The van der Waals surface area contributed by atoms with Crippen LogP contribution in [0.5, 0.6) is 0 Å². The lowest BCUT2D eigenvalue weighted by atomic mass is 10.1. The standard InChI is InChI=1S/C21H16OS/c1-3-9-16(10-4-1)15-23-21-18-13-7-8-14-19(18)22-20(21)17-11-5-2-6-12-17/h1-14H,15H2. The molecule has 0 saturated carbocycles. The Balaban J connectivity index is 1.77. The van der Waals surface area contributed by atoms with Crippen LogP contribution < -0.4 is 0 Å². The molecule has 0 saturated heterocycles. The summed E-state index contributed by atoms with van der Waals surface area (Å²) in [4.78, 5) is 1.22. The largest absolute Gasteiger partial charge is 0.455 e. The third-order valence-corrected chi connectivity index (χ3v) is 4.98. The van der Waals surface area contributed by atoms with Gasteiger partial charge in [-0.1, -0.05) is 72.8 Å². The highest BCUT2D eigenvalue weighted by Crippen LogP contribution is 2.41. The van der Waals surface area contributed by atoms with Crippen LogP contribution in [-0.2, 0) is 5.75 Å². The smallest absolute Gasteiger partial charge is 0.148 e. The Morgan fingerprint density at radius 1 is 0.696 bits per heavy atom. The Morgan fingerprint density at radius 3 is 2.13 bits per heavy atom. The molecule has 0 aliphatic rings. The van der Waals surface area contributed by atoms with E-state index in [1.54, 1.807) is 0 Å². The molecule has 2 heteroatoms. The van der Waals surface area contributed by atoms with Crippen LogP contribution in [0.1, 0.15) is 5.56 Å². The number of thioether (sulfide) groups is 1. The Labute approximate surface area is 140 Å². The molecule has 1 aromatic heterocycles. The van der Waals surface area contributed by atoms with Crippen molar-refractivity contribution in [3.05, 3.63) is 90.5 Å². The van der Waals surface area contributed by atoms with E-state index in [1.807, 2.05) is 42.1 Å². The molecular weight excluding hydrogens is 300 g/mol. The fraction of sp³-hybridized carbons (Fsp3) is 0.0476. The van der Waals surface area contributed by atoms with Crippen LogP contribution in [0, 0.1) is 0 Å². The minimum absolute atomic E-state index is 0.935. The molecule has 0 aliphatic carbocycles. The van der Waals surface area contributed by atoms with Gasteiger partial charge in [-0.05, 0) is 17.7 Å². The first-order valence-corrected chi connectivity index (χ1v) is 8.64. The van der Waals surface area contributed by atoms with Crippen molar-refractivity contribution in [2.45, 2.75) is 10.6 Å². The zero-order chi connectivity index (χ0) is 15.5. The second-order valence-corrected chi connectivity index (χ2v) is 6.38. The van der Waals surface area contributed by atoms with Crippen LogP contribution in [0.2, 0.25) is 0 Å². The fourth-order valence-corrected chi connectivity index (χ4v) is 3.79. The molecule has 0 bridgehead atoms. The van der Waals surface area contributed by atoms with Gasteiger partial charge in [-0.3, -0.25) is 0 Å². The highest BCUT2D eigenvalue weighted by Gasteiger charge is 2.15. The first-order chi connectivity index (χ1) is 11.4. The third kappa shape index (κ3) is 2.90. The number of hydrogen-bond acceptors (Lipinski definition) is 2. The van der Waals surface area contributed by atoms with Crippen molar-refractivity contribution in [1.29, 1.82) is 0 Å². The van der Waals surface area contributed by atoms with Gasteiger partial charge in [0.15, 0.2) is 0 Å². The lowest BCUT2D eigenvalue weighted by Crippen LogP contribution is -1.81. The van der Waals surface area contributed by atoms with Crippen LogP contribution in [0.4, 0.5) is 0 Å². The molecular formula is C21H16OS. The molecule has 23 heavy (non-hydrogen) atoms. The van der Waals surface area contributed by atoms with E-state index < -0.39 is 0 Å². The summed E-state index contributed by atoms with van der Waals surface area (Å²) in [5.41, 5.74) is 3.39. The van der Waals surface area contributed by atoms with Crippen LogP contribution in [-0.4, -0.2) is 0 Å². The van der Waals surface area contributed by atoms with Gasteiger partial charge in [-0.15, -0.1) is 11.8 Å². The normalized spacial score (nSPS) is 11.0. The molecule has 3 aromatic carbocycles. The van der Waals surface area contributed by atoms with Gasteiger partial charge >= 0.3 is 0 Å². The summed E-state index contributed by atoms with van der Waals surface area (Å²) in [6.07, 6.45) is 0. The summed E-state index contributed by atoms with van der Waals surface area (Å²) >= 11 is 1.84. The van der Waals surface area contributed by atoms with Gasteiger partial charge in [-0.25, -0.2) is 0 Å². The van der Waals surface area contributed by atoms with E-state index in [9.17, 15) is 0 Å². The molecule has 4 aromatic rings. The second kappa shape index (κ2) is 6.35. The van der Waals surface area contributed by atoms with Crippen molar-refractivity contribution in [3.8, 4) is 11.3 Å². The van der Waals surface area contributed by atoms with Gasteiger partial charge in [0.1, 0.15) is 11.3 Å². The van der Waals surface area contributed by atoms with Crippen molar-refractivity contribution < 1.29 is 4.42 Å². The summed E-state index contributed by atoms with van der Waals surface area (Å²) in [6, 6.07) is 29.1. The molecule has 0 aliphatic heterocycles. The monoisotopic (exact) mass is 316 g/mol. The van der Waals surface area contributed by atoms with E-state index in [0.29, 0.717) is 0 Å². The number of benzene rings is 3. The molecule has 0 fully saturated rings. The SMILES string of the molecule is c1ccc(CSc2c(-c3ccccc3)oc3ccccc23)cc1. The molecule has 0 atom stereocenters. The third-order valence-electron chi connectivity index (χ3n) is 3.81. The quantitative estimate of drug-likeness (QED) is 0.404. The Hall–Kier alpha value is -2.45. The van der Waals surface area contributed by atoms with Gasteiger partial charge in [-0.2, -0.15) is 0 Å². The highest BCUT2D eigenvalue weighted by atomic mass is 32.2. The molecule has 0 N–H and O–H groups in total. The van der Waals surface area contributed by atoms with E-state index >= 15 is 0 Å². The zero-order valence-electron chi connectivity index (χ0n) is 12.6. The number of hydrogen-bond donors (Lipinski definition) is 0. The van der Waals surface area contributed by atoms with Gasteiger partial charge in [0.2, 0.25) is 0 Å². The van der Waals surface area contributed by atoms with Crippen LogP contribution in [0.3, 0.4) is 0 Å². The summed E-state index contributed by atoms with van der Waals surface area (Å²) in [5.74, 6) is 1.90. The number of rotatable bonds is 4. The number of fused-ring (bicyclic) bond motifs is 1. The summed E-state index contributed by atoms with van der Waals surface area (Å²) in [7, 11) is 0. The summed E-state index contributed by atoms with van der Waals surface area (Å²) in [5, 5.41) is 1.19. The first-order valence-electron chi connectivity index (χ1n) is 7.65. The van der Waals surface area contributed by atoms with Crippen molar-refractivity contribution >= 4 is 22.7 Å². The topological polar surface area (TPSA) is 13.1 Å². The van der Waals surface area contributed by atoms with E-state index in [4.69, 9.17) is 4.42 Å². The summed E-state index contributed by atoms with van der Waals surface area (Å²) in [6.45, 7) is 0. The maximum atomic E-state index is 6.15. The lowest BCUT2D eigenvalue weighted by Gasteiger charge is -2.04. The molecule has 0 amide bonds. The Kier molecular flexibility index (Phi) is 3.91. The van der Waals surface area contributed by atoms with Crippen molar-refractivity contribution in [2.75, 3.05) is 0 Å². The zero-order valence-corrected chi connectivity index (χ0v) is 13.4. The molecule has 0 radical (unpaired) electrons. The Bertz CT molecular complexity index is 910. The van der Waals surface area contributed by atoms with E-state index in [2.05, 4.69) is 54.6 Å². The maximum Gasteiger partial charge on any atom is 0.148 e. The number of furan rings is 1. The Morgan fingerprint density at radius 2 is 1.35 bits per heavy atom. The first kappa shape index (κ1) is 14.2. The average molecular weight is 316 g/mol. The van der Waals surface area contributed by atoms with Crippen LogP contribution in [0.15, 0.2) is 94.2 Å². The predicted molar refractivity (Wildman–Crippen MR) is 97.7 cm³/mol. The molecule has 112 valence electrons. The van der Waals surface area contributed by atoms with Crippen molar-refractivity contribution in [2.24, 2.45) is 0 Å². The molecule has 1 nitrogen and oxygen atoms in total. The lowest BCUT2D eigenvalue weighted by molar-refractivity contribution is 0.625. The molecule has 4 rings (SSSR count). The molecule has 0 unspecified atom stereocenters. The van der Waals surface area contributed by atoms with E-state index in [-0.39, 0.29) is 0 Å². The van der Waals surface area contributed by atoms with Crippen LogP contribution in [0.25, 0.3) is 22.3 Å². The van der Waals surface area contributed by atoms with Gasteiger partial charge in [0.25, 0.3) is 0 Å². The van der Waals surface area contributed by atoms with E-state index in [1.165, 1.54) is 15.8 Å². The van der Waals surface area contributed by atoms with Crippen molar-refractivity contribution in [1.82, 2.24) is 0 Å². The van der Waals surface area contributed by atoms with E-state index in [0.717, 1.165) is 22.7 Å². The van der Waals surface area contributed by atoms with Gasteiger partial charge in [0, 0.05) is 16.7 Å².